The number of rotatable bonds is 1. The van der Waals surface area contributed by atoms with Crippen molar-refractivity contribution in [2.45, 2.75) is 26.3 Å². The molecule has 0 aliphatic carbocycles. The van der Waals surface area contributed by atoms with Gasteiger partial charge in [0.2, 0.25) is 0 Å². The number of carbonyl (C=O) groups excluding carboxylic acids is 1. The number of hydrogen-bond donors (Lipinski definition) is 0. The summed E-state index contributed by atoms with van der Waals surface area (Å²) in [5.74, 6) is 0.923. The highest BCUT2D eigenvalue weighted by atomic mass is 16.3. The standard InChI is InChI=1S/C14H15N3O2/c1-10-4-5-12(16-15-10)14(18)17-7-2-3-13-11(9-17)6-8-19-13/h4-6,8H,2-3,7,9H2,1H3. The van der Waals surface area contributed by atoms with Crippen LogP contribution in [0, 0.1) is 6.92 Å². The van der Waals surface area contributed by atoms with Gasteiger partial charge in [-0.25, -0.2) is 0 Å². The predicted octanol–water partition coefficient (Wildman–Crippen LogP) is 1.97. The molecule has 1 aliphatic heterocycles. The predicted molar refractivity (Wildman–Crippen MR) is 68.5 cm³/mol. The number of furan rings is 1. The zero-order chi connectivity index (χ0) is 13.2. The molecule has 0 aromatic carbocycles. The maximum atomic E-state index is 12.4. The summed E-state index contributed by atoms with van der Waals surface area (Å²) in [5, 5.41) is 7.90. The summed E-state index contributed by atoms with van der Waals surface area (Å²) in [5.41, 5.74) is 2.30. The number of carbonyl (C=O) groups is 1. The molecule has 0 atom stereocenters. The summed E-state index contributed by atoms with van der Waals surface area (Å²) in [6, 6.07) is 5.47. The van der Waals surface area contributed by atoms with Crippen LogP contribution in [0.25, 0.3) is 0 Å². The van der Waals surface area contributed by atoms with Crippen molar-refractivity contribution in [3.63, 3.8) is 0 Å². The zero-order valence-corrected chi connectivity index (χ0v) is 10.8. The molecule has 1 aliphatic rings. The fourth-order valence-corrected chi connectivity index (χ4v) is 2.29. The van der Waals surface area contributed by atoms with Gasteiger partial charge in [0.05, 0.1) is 12.0 Å². The van der Waals surface area contributed by atoms with Crippen molar-refractivity contribution in [3.8, 4) is 0 Å². The second-order valence-electron chi connectivity index (χ2n) is 4.76. The monoisotopic (exact) mass is 257 g/mol. The molecule has 0 fully saturated rings. The highest BCUT2D eigenvalue weighted by Crippen LogP contribution is 2.20. The maximum absolute atomic E-state index is 12.4. The van der Waals surface area contributed by atoms with E-state index >= 15 is 0 Å². The van der Waals surface area contributed by atoms with Crippen molar-refractivity contribution in [2.75, 3.05) is 6.54 Å². The van der Waals surface area contributed by atoms with E-state index in [2.05, 4.69) is 10.2 Å². The minimum absolute atomic E-state index is 0.0680. The van der Waals surface area contributed by atoms with E-state index in [1.165, 1.54) is 0 Å². The molecule has 0 unspecified atom stereocenters. The molecule has 2 aromatic heterocycles. The average molecular weight is 257 g/mol. The smallest absolute Gasteiger partial charge is 0.274 e. The Labute approximate surface area is 111 Å². The van der Waals surface area contributed by atoms with Gasteiger partial charge in [0.1, 0.15) is 5.76 Å². The molecule has 98 valence electrons. The first kappa shape index (κ1) is 11.9. The van der Waals surface area contributed by atoms with Crippen molar-refractivity contribution in [1.82, 2.24) is 15.1 Å². The summed E-state index contributed by atoms with van der Waals surface area (Å²) in [7, 11) is 0. The summed E-state index contributed by atoms with van der Waals surface area (Å²) in [4.78, 5) is 14.2. The van der Waals surface area contributed by atoms with Crippen molar-refractivity contribution in [2.24, 2.45) is 0 Å². The van der Waals surface area contributed by atoms with Gasteiger partial charge in [-0.05, 0) is 31.5 Å². The molecular weight excluding hydrogens is 242 g/mol. The number of nitrogens with zero attached hydrogens (tertiary/aromatic N) is 3. The van der Waals surface area contributed by atoms with Crippen LogP contribution >= 0.6 is 0 Å². The first-order chi connectivity index (χ1) is 9.24. The van der Waals surface area contributed by atoms with Crippen molar-refractivity contribution in [1.29, 1.82) is 0 Å². The van der Waals surface area contributed by atoms with Gasteiger partial charge in [0.25, 0.3) is 5.91 Å². The summed E-state index contributed by atoms with van der Waals surface area (Å²) in [6.07, 6.45) is 3.47. The van der Waals surface area contributed by atoms with Gasteiger partial charge in [-0.15, -0.1) is 5.10 Å². The SMILES string of the molecule is Cc1ccc(C(=O)N2CCCc3occc3C2)nn1. The number of aryl methyl sites for hydroxylation is 2. The number of aromatic nitrogens is 2. The maximum Gasteiger partial charge on any atom is 0.274 e. The second kappa shape index (κ2) is 4.84. The molecular formula is C14H15N3O2. The van der Waals surface area contributed by atoms with Gasteiger partial charge in [-0.3, -0.25) is 4.79 Å². The number of hydrogen-bond acceptors (Lipinski definition) is 4. The molecule has 0 saturated heterocycles. The van der Waals surface area contributed by atoms with Crippen molar-refractivity contribution < 1.29 is 9.21 Å². The van der Waals surface area contributed by atoms with Gasteiger partial charge in [-0.1, -0.05) is 0 Å². The van der Waals surface area contributed by atoms with Crippen LogP contribution in [0.4, 0.5) is 0 Å². The third kappa shape index (κ3) is 2.36. The third-order valence-electron chi connectivity index (χ3n) is 3.33. The second-order valence-corrected chi connectivity index (χ2v) is 4.76. The molecule has 0 saturated carbocycles. The van der Waals surface area contributed by atoms with Crippen LogP contribution in [-0.2, 0) is 13.0 Å². The molecule has 0 N–H and O–H groups in total. The Morgan fingerprint density at radius 2 is 2.21 bits per heavy atom. The van der Waals surface area contributed by atoms with Crippen LogP contribution in [0.5, 0.6) is 0 Å². The third-order valence-corrected chi connectivity index (χ3v) is 3.33. The van der Waals surface area contributed by atoms with Crippen molar-refractivity contribution in [3.05, 3.63) is 47.2 Å². The van der Waals surface area contributed by atoms with Crippen LogP contribution in [0.3, 0.4) is 0 Å². The number of fused-ring (bicyclic) bond motifs is 1. The highest BCUT2D eigenvalue weighted by Gasteiger charge is 2.22. The topological polar surface area (TPSA) is 59.2 Å². The highest BCUT2D eigenvalue weighted by molar-refractivity contribution is 5.92. The van der Waals surface area contributed by atoms with E-state index in [4.69, 9.17) is 4.42 Å². The molecule has 3 heterocycles. The van der Waals surface area contributed by atoms with Crippen LogP contribution < -0.4 is 0 Å². The fraction of sp³-hybridized carbons (Fsp3) is 0.357. The normalized spacial score (nSPS) is 14.9. The quantitative estimate of drug-likeness (QED) is 0.783. The van der Waals surface area contributed by atoms with E-state index in [0.717, 1.165) is 36.4 Å². The molecule has 5 heteroatoms. The van der Waals surface area contributed by atoms with Gasteiger partial charge in [-0.2, -0.15) is 5.10 Å². The fourth-order valence-electron chi connectivity index (χ4n) is 2.29. The number of amides is 1. The lowest BCUT2D eigenvalue weighted by Gasteiger charge is -2.19. The van der Waals surface area contributed by atoms with Crippen LogP contribution in [0.1, 0.15) is 33.9 Å². The molecule has 0 bridgehead atoms. The van der Waals surface area contributed by atoms with Gasteiger partial charge in [0, 0.05) is 25.1 Å². The molecule has 0 radical (unpaired) electrons. The Morgan fingerprint density at radius 3 is 3.00 bits per heavy atom. The molecule has 3 rings (SSSR count). The lowest BCUT2D eigenvalue weighted by molar-refractivity contribution is 0.0738. The van der Waals surface area contributed by atoms with Crippen molar-refractivity contribution >= 4 is 5.91 Å². The van der Waals surface area contributed by atoms with Gasteiger partial charge < -0.3 is 9.32 Å². The largest absolute Gasteiger partial charge is 0.469 e. The Kier molecular flexibility index (Phi) is 3.03. The van der Waals surface area contributed by atoms with Crippen LogP contribution in [0.15, 0.2) is 28.9 Å². The molecule has 19 heavy (non-hydrogen) atoms. The van der Waals surface area contributed by atoms with E-state index < -0.39 is 0 Å². The molecule has 0 spiro atoms. The Morgan fingerprint density at radius 1 is 1.32 bits per heavy atom. The van der Waals surface area contributed by atoms with E-state index in [0.29, 0.717) is 12.2 Å². The van der Waals surface area contributed by atoms with E-state index in [1.807, 2.05) is 13.0 Å². The molecule has 5 nitrogen and oxygen atoms in total. The van der Waals surface area contributed by atoms with Crippen LogP contribution in [-0.4, -0.2) is 27.5 Å². The Balaban J connectivity index is 1.82. The van der Waals surface area contributed by atoms with Gasteiger partial charge in [0.15, 0.2) is 5.69 Å². The lowest BCUT2D eigenvalue weighted by Crippen LogP contribution is -2.31. The first-order valence-electron chi connectivity index (χ1n) is 6.39. The zero-order valence-electron chi connectivity index (χ0n) is 10.8. The Bertz CT molecular complexity index is 589. The summed E-state index contributed by atoms with van der Waals surface area (Å²) < 4.78 is 5.42. The minimum atomic E-state index is -0.0680. The lowest BCUT2D eigenvalue weighted by atomic mass is 10.2. The molecule has 1 amide bonds. The minimum Gasteiger partial charge on any atom is -0.469 e. The van der Waals surface area contributed by atoms with Gasteiger partial charge >= 0.3 is 0 Å². The average Bonchev–Trinajstić information content (AvgIpc) is 2.76. The van der Waals surface area contributed by atoms with E-state index in [-0.39, 0.29) is 5.91 Å². The first-order valence-corrected chi connectivity index (χ1v) is 6.39. The Hall–Kier alpha value is -2.17. The van der Waals surface area contributed by atoms with Crippen LogP contribution in [0.2, 0.25) is 0 Å². The van der Waals surface area contributed by atoms with E-state index in [9.17, 15) is 4.79 Å². The van der Waals surface area contributed by atoms with E-state index in [1.54, 1.807) is 23.3 Å². The molecule has 2 aromatic rings. The summed E-state index contributed by atoms with van der Waals surface area (Å²) >= 11 is 0. The summed E-state index contributed by atoms with van der Waals surface area (Å²) in [6.45, 7) is 3.16.